The van der Waals surface area contributed by atoms with Gasteiger partial charge in [-0.15, -0.1) is 0 Å². The van der Waals surface area contributed by atoms with Crippen molar-refractivity contribution in [2.45, 2.75) is 43.3 Å². The van der Waals surface area contributed by atoms with Gasteiger partial charge in [0.05, 0.1) is 6.54 Å². The van der Waals surface area contributed by atoms with E-state index in [9.17, 15) is 13.9 Å². The lowest BCUT2D eigenvalue weighted by molar-refractivity contribution is 0.0136. The summed E-state index contributed by atoms with van der Waals surface area (Å²) in [7, 11) is 1.64. The molecule has 7 nitrogen and oxygen atoms in total. The molecular weight excluding hydrogens is 519 g/mol. The second-order valence-corrected chi connectivity index (χ2v) is 11.4. The first-order valence-corrected chi connectivity index (χ1v) is 13.7. The summed E-state index contributed by atoms with van der Waals surface area (Å²) < 4.78 is 50.3. The largest absolute Gasteiger partial charge is 0.508 e. The zero-order valence-corrected chi connectivity index (χ0v) is 22.1. The fourth-order valence-corrected chi connectivity index (χ4v) is 6.54. The molecule has 0 aliphatic carbocycles. The summed E-state index contributed by atoms with van der Waals surface area (Å²) in [5, 5.41) is 16.1. The van der Waals surface area contributed by atoms with Crippen LogP contribution >= 0.6 is 0 Å². The maximum atomic E-state index is 16.4. The van der Waals surface area contributed by atoms with E-state index in [0.29, 0.717) is 34.4 Å². The van der Waals surface area contributed by atoms with Crippen LogP contribution in [0.4, 0.5) is 19.0 Å². The van der Waals surface area contributed by atoms with Crippen molar-refractivity contribution < 1.29 is 23.0 Å². The van der Waals surface area contributed by atoms with Crippen LogP contribution in [-0.2, 0) is 0 Å². The van der Waals surface area contributed by atoms with Crippen LogP contribution in [0.1, 0.15) is 19.3 Å². The minimum absolute atomic E-state index is 0.0254. The fraction of sp³-hybridized carbons (Fsp3) is 0.400. The number of likely N-dealkylation sites (tertiary alicyclic amines) is 1. The predicted octanol–water partition coefficient (Wildman–Crippen LogP) is 4.95. The highest BCUT2D eigenvalue weighted by Gasteiger charge is 2.43. The van der Waals surface area contributed by atoms with E-state index >= 15 is 4.39 Å². The topological polar surface area (TPSA) is 73.8 Å². The summed E-state index contributed by atoms with van der Waals surface area (Å²) in [5.41, 5.74) is 0.944. The Morgan fingerprint density at radius 3 is 2.55 bits per heavy atom. The van der Waals surface area contributed by atoms with Crippen molar-refractivity contribution >= 4 is 27.5 Å². The second kappa shape index (κ2) is 9.49. The van der Waals surface area contributed by atoms with Crippen LogP contribution in [0, 0.1) is 5.82 Å². The van der Waals surface area contributed by atoms with Gasteiger partial charge in [0.2, 0.25) is 0 Å². The number of benzene rings is 3. The van der Waals surface area contributed by atoms with Crippen molar-refractivity contribution in [3.8, 4) is 22.9 Å². The van der Waals surface area contributed by atoms with Gasteiger partial charge in [-0.05, 0) is 54.4 Å². The molecule has 3 fully saturated rings. The summed E-state index contributed by atoms with van der Waals surface area (Å²) >= 11 is 0. The SMILES string of the molecule is CN1CC(F)(F)C[C@H]1COc1nc(N2CC3CCC(C2)N3)c2ccc(-c3cc(O)cc4ccccc34)c(F)c2n1. The van der Waals surface area contributed by atoms with Crippen LogP contribution < -0.4 is 15.0 Å². The maximum Gasteiger partial charge on any atom is 0.319 e. The first kappa shape index (κ1) is 25.3. The molecule has 4 heterocycles. The molecular formula is C30H30F3N5O2. The molecule has 0 radical (unpaired) electrons. The maximum absolute atomic E-state index is 16.4. The molecule has 40 heavy (non-hydrogen) atoms. The number of phenolic OH excluding ortho intramolecular Hbond substituents is 1. The van der Waals surface area contributed by atoms with E-state index in [1.165, 1.54) is 0 Å². The van der Waals surface area contributed by atoms with E-state index in [0.717, 1.165) is 36.7 Å². The molecule has 1 aromatic heterocycles. The number of aromatic nitrogens is 2. The number of piperazine rings is 1. The lowest BCUT2D eigenvalue weighted by atomic mass is 9.96. The van der Waals surface area contributed by atoms with Gasteiger partial charge in [-0.2, -0.15) is 9.97 Å². The third-order valence-electron chi connectivity index (χ3n) is 8.46. The molecule has 2 N–H and O–H groups in total. The highest BCUT2D eigenvalue weighted by atomic mass is 19.3. The molecule has 0 spiro atoms. The van der Waals surface area contributed by atoms with Crippen molar-refractivity contribution in [2.24, 2.45) is 0 Å². The average molecular weight is 550 g/mol. The zero-order valence-electron chi connectivity index (χ0n) is 22.1. The minimum Gasteiger partial charge on any atom is -0.508 e. The number of anilines is 1. The molecule has 4 aromatic rings. The highest BCUT2D eigenvalue weighted by molar-refractivity contribution is 6.01. The lowest BCUT2D eigenvalue weighted by Gasteiger charge is -2.34. The Balaban J connectivity index is 1.33. The van der Waals surface area contributed by atoms with Crippen molar-refractivity contribution in [1.29, 1.82) is 0 Å². The van der Waals surface area contributed by atoms with Crippen LogP contribution in [0.15, 0.2) is 48.5 Å². The molecule has 3 aromatic carbocycles. The van der Waals surface area contributed by atoms with Crippen LogP contribution in [-0.4, -0.2) is 77.3 Å². The number of aromatic hydroxyl groups is 1. The van der Waals surface area contributed by atoms with Gasteiger partial charge in [-0.1, -0.05) is 30.3 Å². The van der Waals surface area contributed by atoms with Gasteiger partial charge in [0, 0.05) is 48.6 Å². The summed E-state index contributed by atoms with van der Waals surface area (Å²) in [6, 6.07) is 14.3. The smallest absolute Gasteiger partial charge is 0.319 e. The van der Waals surface area contributed by atoms with Crippen molar-refractivity contribution in [3.05, 3.63) is 54.3 Å². The molecule has 3 aliphatic heterocycles. The third kappa shape index (κ3) is 4.49. The number of halogens is 3. The Hall–Kier alpha value is -3.63. The van der Waals surface area contributed by atoms with Crippen LogP contribution in [0.5, 0.6) is 11.8 Å². The van der Waals surface area contributed by atoms with Crippen LogP contribution in [0.3, 0.4) is 0 Å². The number of hydrogen-bond donors (Lipinski definition) is 2. The van der Waals surface area contributed by atoms with Gasteiger partial charge in [-0.25, -0.2) is 13.2 Å². The summed E-state index contributed by atoms with van der Waals surface area (Å²) in [5.74, 6) is -2.71. The quantitative estimate of drug-likeness (QED) is 0.365. The van der Waals surface area contributed by atoms with Gasteiger partial charge < -0.3 is 20.1 Å². The standard InChI is InChI=1S/C30H30F3N5O2/c1-37-16-30(32,33)12-20(37)15-40-29-35-27-24(28(36-29)38-13-18-6-7-19(14-38)34-18)9-8-23(26(27)31)25-11-21(39)10-17-4-2-3-5-22(17)25/h2-5,8-11,18-20,34,39H,6-7,12-16H2,1H3/t18?,19?,20-/m0/s1. The summed E-state index contributed by atoms with van der Waals surface area (Å²) in [6.07, 6.45) is 1.83. The highest BCUT2D eigenvalue weighted by Crippen LogP contribution is 2.39. The Morgan fingerprint density at radius 2 is 1.80 bits per heavy atom. The zero-order chi connectivity index (χ0) is 27.6. The Morgan fingerprint density at radius 1 is 1.02 bits per heavy atom. The van der Waals surface area contributed by atoms with Crippen LogP contribution in [0.2, 0.25) is 0 Å². The lowest BCUT2D eigenvalue weighted by Crippen LogP contribution is -2.51. The number of nitrogens with zero attached hydrogens (tertiary/aromatic N) is 4. The Labute approximate surface area is 229 Å². The number of ether oxygens (including phenoxy) is 1. The first-order valence-electron chi connectivity index (χ1n) is 13.7. The third-order valence-corrected chi connectivity index (χ3v) is 8.46. The molecule has 3 atom stereocenters. The average Bonchev–Trinajstić information content (AvgIpc) is 3.41. The van der Waals surface area contributed by atoms with E-state index < -0.39 is 17.8 Å². The van der Waals surface area contributed by atoms with E-state index in [2.05, 4.69) is 15.2 Å². The second-order valence-electron chi connectivity index (χ2n) is 11.4. The summed E-state index contributed by atoms with van der Waals surface area (Å²) in [6.45, 7) is 1.09. The van der Waals surface area contributed by atoms with Gasteiger partial charge in [0.15, 0.2) is 5.82 Å². The van der Waals surface area contributed by atoms with Crippen molar-refractivity contribution in [3.63, 3.8) is 0 Å². The monoisotopic (exact) mass is 549 g/mol. The van der Waals surface area contributed by atoms with Crippen LogP contribution in [0.25, 0.3) is 32.8 Å². The van der Waals surface area contributed by atoms with E-state index in [1.807, 2.05) is 30.3 Å². The summed E-state index contributed by atoms with van der Waals surface area (Å²) in [4.78, 5) is 12.9. The molecule has 7 rings (SSSR count). The number of likely N-dealkylation sites (N-methyl/N-ethyl adjacent to an activating group) is 1. The Bertz CT molecular complexity index is 1600. The van der Waals surface area contributed by atoms with Gasteiger partial charge in [-0.3, -0.25) is 4.90 Å². The predicted molar refractivity (Wildman–Crippen MR) is 148 cm³/mol. The van der Waals surface area contributed by atoms with E-state index in [1.54, 1.807) is 30.1 Å². The minimum atomic E-state index is -2.77. The number of nitrogens with one attached hydrogen (secondary N) is 1. The molecule has 3 aliphatic rings. The normalized spacial score (nSPS) is 24.3. The van der Waals surface area contributed by atoms with Crippen molar-refractivity contribution in [1.82, 2.24) is 20.2 Å². The number of fused-ring (bicyclic) bond motifs is 4. The first-order chi connectivity index (χ1) is 19.2. The number of rotatable bonds is 5. The molecule has 208 valence electrons. The molecule has 3 saturated heterocycles. The van der Waals surface area contributed by atoms with E-state index in [4.69, 9.17) is 9.72 Å². The Kier molecular flexibility index (Phi) is 6.01. The number of phenols is 1. The van der Waals surface area contributed by atoms with Crippen molar-refractivity contribution in [2.75, 3.05) is 38.2 Å². The molecule has 0 saturated carbocycles. The molecule has 2 unspecified atom stereocenters. The molecule has 0 amide bonds. The number of hydrogen-bond acceptors (Lipinski definition) is 7. The van der Waals surface area contributed by atoms with Gasteiger partial charge in [0.1, 0.15) is 23.7 Å². The molecule has 2 bridgehead atoms. The van der Waals surface area contributed by atoms with Gasteiger partial charge >= 0.3 is 6.01 Å². The molecule has 10 heteroatoms. The van der Waals surface area contributed by atoms with Gasteiger partial charge in [0.25, 0.3) is 5.92 Å². The fourth-order valence-electron chi connectivity index (χ4n) is 6.54. The van der Waals surface area contributed by atoms with E-state index in [-0.39, 0.29) is 36.8 Å². The number of alkyl halides is 2.